The Labute approximate surface area is 172 Å². The first-order valence-electron chi connectivity index (χ1n) is 9.22. The predicted octanol–water partition coefficient (Wildman–Crippen LogP) is 6.01. The van der Waals surface area contributed by atoms with Gasteiger partial charge in [-0.1, -0.05) is 72.4 Å². The molecule has 0 fully saturated rings. The van der Waals surface area contributed by atoms with Gasteiger partial charge in [0.05, 0.1) is 16.7 Å². The van der Waals surface area contributed by atoms with Crippen LogP contribution in [0.2, 0.25) is 0 Å². The zero-order valence-corrected chi connectivity index (χ0v) is 16.2. The van der Waals surface area contributed by atoms with E-state index in [9.17, 15) is 5.26 Å². The normalized spacial score (nSPS) is 15.3. The maximum atomic E-state index is 10.1. The van der Waals surface area contributed by atoms with E-state index in [1.165, 1.54) is 0 Å². The van der Waals surface area contributed by atoms with Crippen LogP contribution in [0.25, 0.3) is 22.3 Å². The molecule has 4 aromatic rings. The fourth-order valence-electron chi connectivity index (χ4n) is 3.41. The number of thioether (sulfide) groups is 1. The number of para-hydroxylation sites is 3. The zero-order valence-electron chi connectivity index (χ0n) is 15.4. The van der Waals surface area contributed by atoms with Gasteiger partial charge in [-0.3, -0.25) is 0 Å². The molecule has 0 unspecified atom stereocenters. The standard InChI is InChI=1S/C24H16N4S/c25-15-19(23-26-20-13-7-8-14-21(20)27-23)24-28(18-11-5-2-6-12-18)22(16-29-24)17-9-3-1-4-10-17/h1-14,16H,(H,26,27)/b24-19+. The van der Waals surface area contributed by atoms with Crippen LogP contribution in [0.5, 0.6) is 0 Å². The number of imidazole rings is 1. The van der Waals surface area contributed by atoms with Crippen molar-refractivity contribution in [2.45, 2.75) is 0 Å². The molecular weight excluding hydrogens is 376 g/mol. The Morgan fingerprint density at radius 2 is 1.59 bits per heavy atom. The Hall–Kier alpha value is -3.75. The molecule has 29 heavy (non-hydrogen) atoms. The van der Waals surface area contributed by atoms with Gasteiger partial charge in [-0.2, -0.15) is 5.26 Å². The highest BCUT2D eigenvalue weighted by molar-refractivity contribution is 8.06. The Bertz CT molecular complexity index is 1250. The summed E-state index contributed by atoms with van der Waals surface area (Å²) in [4.78, 5) is 10.1. The number of benzene rings is 3. The number of rotatable bonds is 3. The lowest BCUT2D eigenvalue weighted by Crippen LogP contribution is -2.17. The summed E-state index contributed by atoms with van der Waals surface area (Å²) in [5.41, 5.74) is 5.44. The molecule has 0 aliphatic carbocycles. The van der Waals surface area contributed by atoms with Gasteiger partial charge in [0.1, 0.15) is 16.7 Å². The molecule has 0 amide bonds. The maximum Gasteiger partial charge on any atom is 0.151 e. The van der Waals surface area contributed by atoms with E-state index in [1.807, 2.05) is 60.7 Å². The lowest BCUT2D eigenvalue weighted by atomic mass is 10.1. The van der Waals surface area contributed by atoms with Crippen LogP contribution in [0, 0.1) is 11.3 Å². The second kappa shape index (κ2) is 7.34. The number of aromatic nitrogens is 2. The van der Waals surface area contributed by atoms with Crippen molar-refractivity contribution in [1.82, 2.24) is 9.97 Å². The lowest BCUT2D eigenvalue weighted by molar-refractivity contribution is 1.23. The van der Waals surface area contributed by atoms with Crippen LogP contribution in [-0.2, 0) is 0 Å². The summed E-state index contributed by atoms with van der Waals surface area (Å²) in [6, 6.07) is 30.5. The van der Waals surface area contributed by atoms with E-state index < -0.39 is 0 Å². The van der Waals surface area contributed by atoms with Crippen molar-refractivity contribution in [2.75, 3.05) is 4.90 Å². The smallest absolute Gasteiger partial charge is 0.151 e. The highest BCUT2D eigenvalue weighted by Gasteiger charge is 2.28. The van der Waals surface area contributed by atoms with E-state index in [-0.39, 0.29) is 0 Å². The number of aromatic amines is 1. The second-order valence-corrected chi connectivity index (χ2v) is 7.41. The topological polar surface area (TPSA) is 55.7 Å². The highest BCUT2D eigenvalue weighted by Crippen LogP contribution is 2.45. The van der Waals surface area contributed by atoms with Gasteiger partial charge >= 0.3 is 0 Å². The van der Waals surface area contributed by atoms with Crippen molar-refractivity contribution in [1.29, 1.82) is 5.26 Å². The number of nitrogens with zero attached hydrogens (tertiary/aromatic N) is 3. The molecule has 2 heterocycles. The Morgan fingerprint density at radius 1 is 0.897 bits per heavy atom. The van der Waals surface area contributed by atoms with Crippen LogP contribution >= 0.6 is 11.8 Å². The minimum absolute atomic E-state index is 0.525. The molecule has 0 spiro atoms. The summed E-state index contributed by atoms with van der Waals surface area (Å²) < 4.78 is 0. The third-order valence-corrected chi connectivity index (χ3v) is 5.71. The minimum atomic E-state index is 0.525. The largest absolute Gasteiger partial charge is 0.337 e. The SMILES string of the molecule is N#C/C(=C1\SC=C(c2ccccc2)N1c1ccccc1)c1nc2ccccc2[nH]1. The van der Waals surface area contributed by atoms with Crippen LogP contribution in [0.15, 0.2) is 95.4 Å². The van der Waals surface area contributed by atoms with Crippen LogP contribution in [0.3, 0.4) is 0 Å². The van der Waals surface area contributed by atoms with Crippen LogP contribution in [0.1, 0.15) is 11.4 Å². The molecule has 3 aromatic carbocycles. The summed E-state index contributed by atoms with van der Waals surface area (Å²) in [7, 11) is 0. The van der Waals surface area contributed by atoms with E-state index in [1.54, 1.807) is 11.8 Å². The number of nitrogens with one attached hydrogen (secondary N) is 1. The molecule has 138 valence electrons. The third kappa shape index (κ3) is 3.10. The number of fused-ring (bicyclic) bond motifs is 1. The molecule has 0 radical (unpaired) electrons. The number of anilines is 1. The fourth-order valence-corrected chi connectivity index (χ4v) is 4.44. The van der Waals surface area contributed by atoms with Gasteiger partial charge in [0.2, 0.25) is 0 Å². The fraction of sp³-hybridized carbons (Fsp3) is 0. The van der Waals surface area contributed by atoms with Gasteiger partial charge in [-0.25, -0.2) is 4.98 Å². The first-order valence-corrected chi connectivity index (χ1v) is 10.1. The average molecular weight is 392 g/mol. The van der Waals surface area contributed by atoms with Crippen molar-refractivity contribution in [3.8, 4) is 6.07 Å². The van der Waals surface area contributed by atoms with Crippen molar-refractivity contribution in [2.24, 2.45) is 0 Å². The zero-order chi connectivity index (χ0) is 19.6. The van der Waals surface area contributed by atoms with Crippen molar-refractivity contribution < 1.29 is 0 Å². The van der Waals surface area contributed by atoms with Crippen molar-refractivity contribution in [3.05, 3.63) is 107 Å². The van der Waals surface area contributed by atoms with Crippen molar-refractivity contribution >= 4 is 39.8 Å². The van der Waals surface area contributed by atoms with E-state index >= 15 is 0 Å². The lowest BCUT2D eigenvalue weighted by Gasteiger charge is -2.24. The third-order valence-electron chi connectivity index (χ3n) is 4.76. The second-order valence-electron chi connectivity index (χ2n) is 6.55. The van der Waals surface area contributed by atoms with E-state index in [0.717, 1.165) is 33.0 Å². The number of allylic oxidation sites excluding steroid dienone is 1. The predicted molar refractivity (Wildman–Crippen MR) is 120 cm³/mol. The summed E-state index contributed by atoms with van der Waals surface area (Å²) in [6.45, 7) is 0. The maximum absolute atomic E-state index is 10.1. The first-order chi connectivity index (χ1) is 14.3. The van der Waals surface area contributed by atoms with Gasteiger partial charge in [0, 0.05) is 11.1 Å². The molecule has 1 aliphatic heterocycles. The van der Waals surface area contributed by atoms with Crippen LogP contribution in [-0.4, -0.2) is 9.97 Å². The van der Waals surface area contributed by atoms with Gasteiger partial charge in [0.15, 0.2) is 5.82 Å². The monoisotopic (exact) mass is 392 g/mol. The molecule has 1 aliphatic rings. The summed E-state index contributed by atoms with van der Waals surface area (Å²) in [5, 5.41) is 13.0. The van der Waals surface area contributed by atoms with E-state index in [0.29, 0.717) is 11.4 Å². The molecule has 1 N–H and O–H groups in total. The Morgan fingerprint density at radius 3 is 2.31 bits per heavy atom. The van der Waals surface area contributed by atoms with Gasteiger partial charge in [-0.15, -0.1) is 0 Å². The Balaban J connectivity index is 1.69. The molecule has 0 bridgehead atoms. The molecule has 1 aromatic heterocycles. The molecule has 4 nitrogen and oxygen atoms in total. The summed E-state index contributed by atoms with van der Waals surface area (Å²) >= 11 is 1.55. The van der Waals surface area contributed by atoms with Crippen molar-refractivity contribution in [3.63, 3.8) is 0 Å². The highest BCUT2D eigenvalue weighted by atomic mass is 32.2. The van der Waals surface area contributed by atoms with Crippen LogP contribution < -0.4 is 4.90 Å². The summed E-state index contributed by atoms with van der Waals surface area (Å²) in [6.07, 6.45) is 0. The molecule has 0 saturated heterocycles. The first kappa shape index (κ1) is 17.4. The minimum Gasteiger partial charge on any atom is -0.337 e. The van der Waals surface area contributed by atoms with Crippen LogP contribution in [0.4, 0.5) is 5.69 Å². The number of nitriles is 1. The Kier molecular flexibility index (Phi) is 4.39. The number of H-pyrrole nitrogens is 1. The van der Waals surface area contributed by atoms with Gasteiger partial charge < -0.3 is 9.88 Å². The molecule has 5 rings (SSSR count). The van der Waals surface area contributed by atoms with Gasteiger partial charge in [-0.05, 0) is 29.8 Å². The quantitative estimate of drug-likeness (QED) is 0.434. The van der Waals surface area contributed by atoms with E-state index in [2.05, 4.69) is 50.6 Å². The average Bonchev–Trinajstić information content (AvgIpc) is 3.40. The summed E-state index contributed by atoms with van der Waals surface area (Å²) in [5.74, 6) is 0.583. The molecule has 5 heteroatoms. The molecule has 0 atom stereocenters. The van der Waals surface area contributed by atoms with E-state index in [4.69, 9.17) is 0 Å². The molecular formula is C24H16N4S. The van der Waals surface area contributed by atoms with Gasteiger partial charge in [0.25, 0.3) is 0 Å². The molecule has 0 saturated carbocycles. The number of hydrogen-bond donors (Lipinski definition) is 1. The number of hydrogen-bond acceptors (Lipinski definition) is 4.